The number of fused-ring (bicyclic) bond motifs is 4. The lowest BCUT2D eigenvalue weighted by atomic mass is 9.69. The monoisotopic (exact) mass is 487 g/mol. The van der Waals surface area contributed by atoms with Crippen LogP contribution in [0.2, 0.25) is 0 Å². The number of methoxy groups -OCH3 is 1. The van der Waals surface area contributed by atoms with Crippen molar-refractivity contribution in [2.24, 2.45) is 11.8 Å². The van der Waals surface area contributed by atoms with Gasteiger partial charge in [-0.05, 0) is 63.2 Å². The molecule has 2 unspecified atom stereocenters. The molecular weight excluding hydrogens is 450 g/mol. The molecule has 9 nitrogen and oxygen atoms in total. The first kappa shape index (κ1) is 24.4. The lowest BCUT2D eigenvalue weighted by molar-refractivity contribution is -0.171. The highest BCUT2D eigenvalue weighted by Gasteiger charge is 2.56. The third kappa shape index (κ3) is 4.00. The van der Waals surface area contributed by atoms with Crippen molar-refractivity contribution >= 4 is 23.5 Å². The number of ether oxygens (including phenoxy) is 1. The van der Waals surface area contributed by atoms with Crippen molar-refractivity contribution in [1.82, 2.24) is 14.7 Å². The Morgan fingerprint density at radius 2 is 1.77 bits per heavy atom. The van der Waals surface area contributed by atoms with Crippen LogP contribution < -0.4 is 0 Å². The first-order valence-corrected chi connectivity index (χ1v) is 13.2. The molecule has 0 radical (unpaired) electrons. The molecule has 0 aromatic heterocycles. The summed E-state index contributed by atoms with van der Waals surface area (Å²) in [7, 11) is 1.59. The van der Waals surface area contributed by atoms with Crippen LogP contribution in [0.5, 0.6) is 0 Å². The van der Waals surface area contributed by atoms with Gasteiger partial charge in [0.15, 0.2) is 0 Å². The van der Waals surface area contributed by atoms with Crippen LogP contribution in [-0.4, -0.2) is 87.3 Å². The van der Waals surface area contributed by atoms with Gasteiger partial charge >= 0.3 is 0 Å². The Kier molecular flexibility index (Phi) is 6.50. The molecule has 3 aliphatic heterocycles. The topological polar surface area (TPSA) is 107 Å². The number of ketones is 1. The van der Waals surface area contributed by atoms with Gasteiger partial charge in [-0.2, -0.15) is 0 Å². The first-order chi connectivity index (χ1) is 16.8. The fourth-order valence-electron chi connectivity index (χ4n) is 7.02. The predicted octanol–water partition coefficient (Wildman–Crippen LogP) is 1.59. The molecule has 3 amide bonds. The second-order valence-electron chi connectivity index (χ2n) is 11.1. The van der Waals surface area contributed by atoms with E-state index in [0.717, 1.165) is 38.5 Å². The van der Waals surface area contributed by atoms with E-state index in [9.17, 15) is 24.3 Å². The first-order valence-electron chi connectivity index (χ1n) is 13.2. The van der Waals surface area contributed by atoms with Gasteiger partial charge in [0.05, 0.1) is 11.7 Å². The maximum Gasteiger partial charge on any atom is 0.294 e. The van der Waals surface area contributed by atoms with Gasteiger partial charge in [-0.15, -0.1) is 0 Å². The maximum absolute atomic E-state index is 13.8. The van der Waals surface area contributed by atoms with E-state index >= 15 is 0 Å². The molecule has 2 bridgehead atoms. The molecule has 35 heavy (non-hydrogen) atoms. The molecule has 5 aliphatic rings. The number of rotatable bonds is 5. The van der Waals surface area contributed by atoms with E-state index in [1.807, 2.05) is 6.92 Å². The Bertz CT molecular complexity index is 943. The zero-order valence-electron chi connectivity index (χ0n) is 20.8. The highest BCUT2D eigenvalue weighted by Crippen LogP contribution is 2.42. The van der Waals surface area contributed by atoms with Gasteiger partial charge in [-0.1, -0.05) is 19.8 Å². The molecule has 5 atom stereocenters. The normalized spacial score (nSPS) is 35.7. The van der Waals surface area contributed by atoms with Crippen molar-refractivity contribution in [3.8, 4) is 0 Å². The van der Waals surface area contributed by atoms with E-state index in [4.69, 9.17) is 4.74 Å². The van der Waals surface area contributed by atoms with E-state index in [2.05, 4.69) is 0 Å². The van der Waals surface area contributed by atoms with Crippen LogP contribution in [-0.2, 0) is 23.9 Å². The Morgan fingerprint density at radius 1 is 1.06 bits per heavy atom. The lowest BCUT2D eigenvalue weighted by Gasteiger charge is -2.52. The third-order valence-electron chi connectivity index (χ3n) is 9.05. The van der Waals surface area contributed by atoms with Crippen molar-refractivity contribution in [3.05, 3.63) is 11.9 Å². The molecule has 0 spiro atoms. The Hall–Kier alpha value is -2.26. The van der Waals surface area contributed by atoms with Crippen LogP contribution in [0.25, 0.3) is 0 Å². The SMILES string of the molecule is COC[C@@H]1CC[C@@H](C)[C@](O)(C(=O)C(=O)N2C3CCCC2C2=CN(C4CCCC4)C(=O)CN2C3=O)C1. The van der Waals surface area contributed by atoms with E-state index < -0.39 is 29.4 Å². The summed E-state index contributed by atoms with van der Waals surface area (Å²) in [4.78, 5) is 58.5. The van der Waals surface area contributed by atoms with Crippen molar-refractivity contribution in [2.75, 3.05) is 20.3 Å². The van der Waals surface area contributed by atoms with E-state index in [1.165, 1.54) is 9.80 Å². The number of amides is 3. The molecule has 1 N–H and O–H groups in total. The van der Waals surface area contributed by atoms with Crippen LogP contribution in [0.15, 0.2) is 11.9 Å². The summed E-state index contributed by atoms with van der Waals surface area (Å²) < 4.78 is 5.25. The number of hydrogen-bond donors (Lipinski definition) is 1. The molecule has 2 saturated heterocycles. The Morgan fingerprint density at radius 3 is 2.49 bits per heavy atom. The minimum atomic E-state index is -1.76. The van der Waals surface area contributed by atoms with Crippen molar-refractivity contribution in [1.29, 1.82) is 0 Å². The number of piperazine rings is 1. The quantitative estimate of drug-likeness (QED) is 0.590. The molecule has 9 heteroatoms. The second kappa shape index (κ2) is 9.32. The van der Waals surface area contributed by atoms with Crippen LogP contribution in [0.1, 0.15) is 71.1 Å². The molecule has 4 fully saturated rings. The largest absolute Gasteiger partial charge is 0.384 e. The summed E-state index contributed by atoms with van der Waals surface area (Å²) >= 11 is 0. The minimum Gasteiger partial charge on any atom is -0.384 e. The highest BCUT2D eigenvalue weighted by atomic mass is 16.5. The number of nitrogens with zero attached hydrogens (tertiary/aromatic N) is 3. The molecule has 0 aromatic rings. The van der Waals surface area contributed by atoms with E-state index in [-0.39, 0.29) is 42.7 Å². The number of Topliss-reactive ketones (excluding diaryl/α,β-unsaturated/α-hetero) is 1. The van der Waals surface area contributed by atoms with Crippen LogP contribution in [0.4, 0.5) is 0 Å². The maximum atomic E-state index is 13.8. The average molecular weight is 488 g/mol. The summed E-state index contributed by atoms with van der Waals surface area (Å²) in [6, 6.07) is -1.09. The Balaban J connectivity index is 1.45. The van der Waals surface area contributed by atoms with Crippen molar-refractivity contribution in [3.63, 3.8) is 0 Å². The van der Waals surface area contributed by atoms with Gasteiger partial charge in [-0.3, -0.25) is 19.2 Å². The van der Waals surface area contributed by atoms with Crippen LogP contribution in [0.3, 0.4) is 0 Å². The molecule has 2 saturated carbocycles. The minimum absolute atomic E-state index is 0.00274. The zero-order chi connectivity index (χ0) is 24.9. The smallest absolute Gasteiger partial charge is 0.294 e. The lowest BCUT2D eigenvalue weighted by Crippen LogP contribution is -2.69. The molecule has 5 rings (SSSR count). The van der Waals surface area contributed by atoms with Gasteiger partial charge in [0.1, 0.15) is 18.2 Å². The number of carbonyl (C=O) groups is 4. The van der Waals surface area contributed by atoms with Gasteiger partial charge in [-0.25, -0.2) is 0 Å². The molecular formula is C26H37N3O6. The molecule has 192 valence electrons. The standard InChI is InChI=1S/C26H37N3O6/c1-16-10-11-17(15-35-2)12-26(16,34)23(31)25(33)29-19-8-5-9-20(29)24(32)28-14-22(30)27(13-21(19)28)18-6-3-4-7-18/h13,16-20,34H,3-12,14-15H2,1-2H3/t16-,17-,19?,20?,26+/m1/s1. The fourth-order valence-corrected chi connectivity index (χ4v) is 7.02. The summed E-state index contributed by atoms with van der Waals surface area (Å²) in [5, 5.41) is 11.5. The van der Waals surface area contributed by atoms with E-state index in [1.54, 1.807) is 18.2 Å². The summed E-state index contributed by atoms with van der Waals surface area (Å²) in [6.45, 7) is 2.23. The molecule has 3 heterocycles. The third-order valence-corrected chi connectivity index (χ3v) is 9.05. The number of carbonyl (C=O) groups excluding carboxylic acids is 4. The number of hydrogen-bond acceptors (Lipinski definition) is 6. The number of piperidine rings is 1. The van der Waals surface area contributed by atoms with Crippen molar-refractivity contribution in [2.45, 2.75) is 94.9 Å². The molecule has 0 aromatic carbocycles. The van der Waals surface area contributed by atoms with Crippen molar-refractivity contribution < 1.29 is 29.0 Å². The second-order valence-corrected chi connectivity index (χ2v) is 11.1. The Labute approximate surface area is 206 Å². The predicted molar refractivity (Wildman–Crippen MR) is 126 cm³/mol. The highest BCUT2D eigenvalue weighted by molar-refractivity contribution is 6.39. The van der Waals surface area contributed by atoms with Crippen LogP contribution in [0, 0.1) is 11.8 Å². The van der Waals surface area contributed by atoms with Gasteiger partial charge in [0.2, 0.25) is 11.8 Å². The zero-order valence-corrected chi connectivity index (χ0v) is 20.8. The summed E-state index contributed by atoms with van der Waals surface area (Å²) in [5.74, 6) is -2.32. The number of aliphatic hydroxyl groups is 1. The fraction of sp³-hybridized carbons (Fsp3) is 0.769. The molecule has 2 aliphatic carbocycles. The summed E-state index contributed by atoms with van der Waals surface area (Å²) in [5.41, 5.74) is -1.13. The summed E-state index contributed by atoms with van der Waals surface area (Å²) in [6.07, 6.45) is 9.28. The van der Waals surface area contributed by atoms with Crippen LogP contribution >= 0.6 is 0 Å². The average Bonchev–Trinajstić information content (AvgIpc) is 3.38. The van der Waals surface area contributed by atoms with Gasteiger partial charge < -0.3 is 24.5 Å². The van der Waals surface area contributed by atoms with Gasteiger partial charge in [0, 0.05) is 26.0 Å². The van der Waals surface area contributed by atoms with E-state index in [0.29, 0.717) is 31.6 Å². The van der Waals surface area contributed by atoms with Gasteiger partial charge in [0.25, 0.3) is 11.7 Å².